The molecule has 0 unspecified atom stereocenters. The molecule has 0 aromatic heterocycles. The molecule has 17 heavy (non-hydrogen) atoms. The van der Waals surface area contributed by atoms with Crippen LogP contribution >= 0.6 is 0 Å². The Kier molecular flexibility index (Phi) is 4.41. The quantitative estimate of drug-likeness (QED) is 0.458. The highest BCUT2D eigenvalue weighted by Gasteiger charge is 2.12. The van der Waals surface area contributed by atoms with Crippen molar-refractivity contribution in [3.63, 3.8) is 0 Å². The highest BCUT2D eigenvalue weighted by molar-refractivity contribution is 5.97. The molecule has 0 fully saturated rings. The van der Waals surface area contributed by atoms with Gasteiger partial charge in [0.2, 0.25) is 0 Å². The molecule has 1 aromatic rings. The van der Waals surface area contributed by atoms with Crippen LogP contribution in [0.15, 0.2) is 29.8 Å². The van der Waals surface area contributed by atoms with E-state index in [2.05, 4.69) is 0 Å². The summed E-state index contributed by atoms with van der Waals surface area (Å²) in [6, 6.07) is 7.37. The van der Waals surface area contributed by atoms with E-state index in [0.717, 1.165) is 0 Å². The first-order chi connectivity index (χ1) is 8.02. The standard InChI is InChI=1S/C13H12FNO2/c1-9(2)17-13(16)11(8-15)6-10-4-3-5-12(14)7-10/h3-7,9H,1-2H3. The summed E-state index contributed by atoms with van der Waals surface area (Å²) >= 11 is 0. The Labute approximate surface area is 99.1 Å². The molecule has 3 nitrogen and oxygen atoms in total. The predicted molar refractivity (Wildman–Crippen MR) is 61.2 cm³/mol. The number of rotatable bonds is 3. The van der Waals surface area contributed by atoms with Crippen molar-refractivity contribution in [2.24, 2.45) is 0 Å². The summed E-state index contributed by atoms with van der Waals surface area (Å²) in [5.74, 6) is -1.12. The zero-order valence-electron chi connectivity index (χ0n) is 9.61. The number of esters is 1. The largest absolute Gasteiger partial charge is 0.459 e. The van der Waals surface area contributed by atoms with E-state index in [0.29, 0.717) is 5.56 Å². The van der Waals surface area contributed by atoms with E-state index in [1.54, 1.807) is 26.0 Å². The van der Waals surface area contributed by atoms with Gasteiger partial charge in [0.25, 0.3) is 0 Å². The van der Waals surface area contributed by atoms with Crippen molar-refractivity contribution in [3.8, 4) is 6.07 Å². The molecule has 4 heteroatoms. The van der Waals surface area contributed by atoms with Crippen LogP contribution in [0.5, 0.6) is 0 Å². The number of hydrogen-bond acceptors (Lipinski definition) is 3. The highest BCUT2D eigenvalue weighted by atomic mass is 19.1. The molecule has 0 amide bonds. The van der Waals surface area contributed by atoms with Gasteiger partial charge in [0.05, 0.1) is 6.10 Å². The summed E-state index contributed by atoms with van der Waals surface area (Å²) in [7, 11) is 0. The molecular weight excluding hydrogens is 221 g/mol. The molecule has 0 aliphatic rings. The lowest BCUT2D eigenvalue weighted by Crippen LogP contribution is -2.12. The van der Waals surface area contributed by atoms with Gasteiger partial charge in [-0.25, -0.2) is 9.18 Å². The van der Waals surface area contributed by atoms with Crippen molar-refractivity contribution < 1.29 is 13.9 Å². The van der Waals surface area contributed by atoms with E-state index in [1.165, 1.54) is 24.3 Å². The maximum Gasteiger partial charge on any atom is 0.349 e. The summed E-state index contributed by atoms with van der Waals surface area (Å²) in [5.41, 5.74) is 0.298. The van der Waals surface area contributed by atoms with Crippen molar-refractivity contribution in [2.75, 3.05) is 0 Å². The third kappa shape index (κ3) is 4.07. The second kappa shape index (κ2) is 5.80. The summed E-state index contributed by atoms with van der Waals surface area (Å²) in [6.07, 6.45) is 1.00. The fraction of sp³-hybridized carbons (Fsp3) is 0.231. The fourth-order valence-electron chi connectivity index (χ4n) is 1.18. The molecule has 0 aliphatic heterocycles. The second-order valence-electron chi connectivity index (χ2n) is 3.68. The average molecular weight is 233 g/mol. The first-order valence-electron chi connectivity index (χ1n) is 5.11. The van der Waals surface area contributed by atoms with Crippen molar-refractivity contribution in [1.29, 1.82) is 5.26 Å². The van der Waals surface area contributed by atoms with Gasteiger partial charge in [0, 0.05) is 0 Å². The van der Waals surface area contributed by atoms with Gasteiger partial charge in [-0.1, -0.05) is 12.1 Å². The maximum absolute atomic E-state index is 12.9. The van der Waals surface area contributed by atoms with Crippen molar-refractivity contribution in [3.05, 3.63) is 41.2 Å². The molecule has 0 heterocycles. The molecule has 1 aromatic carbocycles. The summed E-state index contributed by atoms with van der Waals surface area (Å²) < 4.78 is 17.8. The summed E-state index contributed by atoms with van der Waals surface area (Å²) in [5, 5.41) is 8.83. The number of carbonyl (C=O) groups excluding carboxylic acids is 1. The van der Waals surface area contributed by atoms with Crippen molar-refractivity contribution in [2.45, 2.75) is 20.0 Å². The number of ether oxygens (including phenoxy) is 1. The smallest absolute Gasteiger partial charge is 0.349 e. The van der Waals surface area contributed by atoms with E-state index in [9.17, 15) is 9.18 Å². The van der Waals surface area contributed by atoms with Crippen LogP contribution < -0.4 is 0 Å². The molecule has 1 rings (SSSR count). The lowest BCUT2D eigenvalue weighted by molar-refractivity contribution is -0.142. The zero-order valence-corrected chi connectivity index (χ0v) is 9.61. The Morgan fingerprint density at radius 3 is 2.76 bits per heavy atom. The topological polar surface area (TPSA) is 50.1 Å². The fourth-order valence-corrected chi connectivity index (χ4v) is 1.18. The molecule has 0 aliphatic carbocycles. The molecule has 0 bridgehead atoms. The number of nitrogens with zero attached hydrogens (tertiary/aromatic N) is 1. The van der Waals surface area contributed by atoms with Crippen LogP contribution in [0, 0.1) is 17.1 Å². The minimum absolute atomic E-state index is 0.149. The number of halogens is 1. The van der Waals surface area contributed by atoms with Gasteiger partial charge in [0.15, 0.2) is 0 Å². The van der Waals surface area contributed by atoms with Gasteiger partial charge in [0.1, 0.15) is 17.5 Å². The maximum atomic E-state index is 12.9. The van der Waals surface area contributed by atoms with Gasteiger partial charge >= 0.3 is 5.97 Å². The molecule has 0 radical (unpaired) electrons. The van der Waals surface area contributed by atoms with Gasteiger partial charge in [-0.05, 0) is 37.6 Å². The minimum atomic E-state index is -0.702. The Morgan fingerprint density at radius 2 is 2.24 bits per heavy atom. The van der Waals surface area contributed by atoms with Crippen LogP contribution in [0.3, 0.4) is 0 Å². The van der Waals surface area contributed by atoms with Gasteiger partial charge < -0.3 is 4.74 Å². The van der Waals surface area contributed by atoms with E-state index in [-0.39, 0.29) is 11.7 Å². The molecule has 0 N–H and O–H groups in total. The van der Waals surface area contributed by atoms with Crippen LogP contribution in [0.1, 0.15) is 19.4 Å². The van der Waals surface area contributed by atoms with Crippen LogP contribution in [0.25, 0.3) is 6.08 Å². The molecule has 0 saturated heterocycles. The summed E-state index contributed by atoms with van der Waals surface area (Å²) in [6.45, 7) is 3.38. The molecule has 88 valence electrons. The zero-order chi connectivity index (χ0) is 12.8. The number of benzene rings is 1. The third-order valence-corrected chi connectivity index (χ3v) is 1.84. The highest BCUT2D eigenvalue weighted by Crippen LogP contribution is 2.10. The van der Waals surface area contributed by atoms with E-state index in [1.807, 2.05) is 0 Å². The van der Waals surface area contributed by atoms with Crippen LogP contribution in [-0.2, 0) is 9.53 Å². The SMILES string of the molecule is CC(C)OC(=O)C(C#N)=Cc1cccc(F)c1. The molecular formula is C13H12FNO2. The van der Waals surface area contributed by atoms with E-state index < -0.39 is 11.8 Å². The van der Waals surface area contributed by atoms with Crippen LogP contribution in [0.2, 0.25) is 0 Å². The lowest BCUT2D eigenvalue weighted by Gasteiger charge is -2.06. The first-order valence-corrected chi connectivity index (χ1v) is 5.11. The number of nitriles is 1. The monoisotopic (exact) mass is 233 g/mol. The normalized spacial score (nSPS) is 11.1. The van der Waals surface area contributed by atoms with Gasteiger partial charge in [-0.2, -0.15) is 5.26 Å². The Bertz CT molecular complexity index is 486. The second-order valence-corrected chi connectivity index (χ2v) is 3.68. The third-order valence-electron chi connectivity index (χ3n) is 1.84. The number of hydrogen-bond donors (Lipinski definition) is 0. The van der Waals surface area contributed by atoms with E-state index >= 15 is 0 Å². The van der Waals surface area contributed by atoms with Crippen LogP contribution in [-0.4, -0.2) is 12.1 Å². The van der Waals surface area contributed by atoms with Gasteiger partial charge in [-0.3, -0.25) is 0 Å². The number of carbonyl (C=O) groups is 1. The van der Waals surface area contributed by atoms with Gasteiger partial charge in [-0.15, -0.1) is 0 Å². The first kappa shape index (κ1) is 12.9. The van der Waals surface area contributed by atoms with Crippen molar-refractivity contribution >= 4 is 12.0 Å². The Balaban J connectivity index is 2.95. The lowest BCUT2D eigenvalue weighted by atomic mass is 10.1. The molecule has 0 atom stereocenters. The minimum Gasteiger partial charge on any atom is -0.459 e. The predicted octanol–water partition coefficient (Wildman–Crippen LogP) is 2.68. The molecule has 0 saturated carbocycles. The van der Waals surface area contributed by atoms with Crippen molar-refractivity contribution in [1.82, 2.24) is 0 Å². The van der Waals surface area contributed by atoms with Crippen LogP contribution in [0.4, 0.5) is 4.39 Å². The average Bonchev–Trinajstić information content (AvgIpc) is 2.24. The summed E-state index contributed by atoms with van der Waals surface area (Å²) in [4.78, 5) is 11.5. The Morgan fingerprint density at radius 1 is 1.53 bits per heavy atom. The van der Waals surface area contributed by atoms with E-state index in [4.69, 9.17) is 10.00 Å². The molecule has 0 spiro atoms. The Hall–Kier alpha value is -2.15.